The summed E-state index contributed by atoms with van der Waals surface area (Å²) in [6.45, 7) is 0. The molecule has 0 saturated heterocycles. The van der Waals surface area contributed by atoms with Crippen molar-refractivity contribution in [1.29, 1.82) is 5.26 Å². The Morgan fingerprint density at radius 2 is 2.33 bits per heavy atom. The summed E-state index contributed by atoms with van der Waals surface area (Å²) in [4.78, 5) is 0. The zero-order valence-corrected chi connectivity index (χ0v) is 8.76. The summed E-state index contributed by atoms with van der Waals surface area (Å²) in [5, 5.41) is 13.1. The lowest BCUT2D eigenvalue weighted by Crippen LogP contribution is -2.17. The van der Waals surface area contributed by atoms with Crippen LogP contribution < -0.4 is 5.73 Å². The van der Waals surface area contributed by atoms with Crippen molar-refractivity contribution in [2.24, 2.45) is 5.92 Å². The zero-order chi connectivity index (χ0) is 10.7. The quantitative estimate of drug-likeness (QED) is 0.819. The number of nitrogens with two attached hydrogens (primary N) is 1. The van der Waals surface area contributed by atoms with Crippen molar-refractivity contribution in [1.82, 2.24) is 9.78 Å². The maximum absolute atomic E-state index is 8.84. The van der Waals surface area contributed by atoms with Gasteiger partial charge < -0.3 is 5.73 Å². The molecule has 0 aromatic carbocycles. The van der Waals surface area contributed by atoms with Crippen LogP contribution in [-0.2, 0) is 0 Å². The molecule has 0 amide bonds. The summed E-state index contributed by atoms with van der Waals surface area (Å²) in [5.41, 5.74) is 6.32. The summed E-state index contributed by atoms with van der Waals surface area (Å²) in [5.74, 6) is 0.601. The Bertz CT molecular complexity index is 357. The normalized spacial score (nSPS) is 18.9. The van der Waals surface area contributed by atoms with Gasteiger partial charge in [0, 0.05) is 6.20 Å². The minimum absolute atomic E-state index is 0.217. The molecular weight excluding hydrogens is 188 g/mol. The highest BCUT2D eigenvalue weighted by molar-refractivity contribution is 5.30. The van der Waals surface area contributed by atoms with E-state index in [1.807, 2.05) is 10.9 Å². The predicted molar refractivity (Wildman–Crippen MR) is 57.9 cm³/mol. The van der Waals surface area contributed by atoms with Gasteiger partial charge >= 0.3 is 0 Å². The molecule has 0 radical (unpaired) electrons. The molecule has 4 nitrogen and oxygen atoms in total. The molecule has 1 aromatic rings. The van der Waals surface area contributed by atoms with Gasteiger partial charge in [-0.2, -0.15) is 10.4 Å². The van der Waals surface area contributed by atoms with Crippen LogP contribution in [0, 0.1) is 17.2 Å². The number of rotatable bonds is 3. The van der Waals surface area contributed by atoms with Crippen molar-refractivity contribution < 1.29 is 0 Å². The second-order valence-electron chi connectivity index (χ2n) is 4.23. The van der Waals surface area contributed by atoms with Crippen LogP contribution in [0.3, 0.4) is 0 Å². The second-order valence-corrected chi connectivity index (χ2v) is 4.23. The van der Waals surface area contributed by atoms with Crippen LogP contribution >= 0.6 is 0 Å². The average Bonchev–Trinajstić information content (AvgIpc) is 2.85. The first-order valence-corrected chi connectivity index (χ1v) is 5.48. The molecule has 0 bridgehead atoms. The van der Waals surface area contributed by atoms with E-state index >= 15 is 0 Å². The van der Waals surface area contributed by atoms with E-state index in [0.717, 1.165) is 0 Å². The van der Waals surface area contributed by atoms with Crippen molar-refractivity contribution in [2.75, 3.05) is 5.73 Å². The molecule has 80 valence electrons. The van der Waals surface area contributed by atoms with Crippen LogP contribution in [0.5, 0.6) is 0 Å². The number of anilines is 1. The van der Waals surface area contributed by atoms with Gasteiger partial charge in [-0.15, -0.1) is 0 Å². The average molecular weight is 204 g/mol. The van der Waals surface area contributed by atoms with Gasteiger partial charge in [0.05, 0.1) is 30.4 Å². The molecule has 1 fully saturated rings. The smallest absolute Gasteiger partial charge is 0.0719 e. The Labute approximate surface area is 89.7 Å². The van der Waals surface area contributed by atoms with Gasteiger partial charge in [-0.25, -0.2) is 0 Å². The summed E-state index contributed by atoms with van der Waals surface area (Å²) in [6, 6.07) is 2.47. The highest BCUT2D eigenvalue weighted by Gasteiger charge is 2.26. The third kappa shape index (κ3) is 2.12. The van der Waals surface area contributed by atoms with E-state index < -0.39 is 0 Å². The standard InChI is InChI=1S/C11H16N4/c12-6-5-11(9-3-1-2-4-9)15-8-10(13)7-14-15/h7-9,11H,1-5,13H2. The van der Waals surface area contributed by atoms with Crippen molar-refractivity contribution in [2.45, 2.75) is 38.1 Å². The monoisotopic (exact) mass is 204 g/mol. The summed E-state index contributed by atoms with van der Waals surface area (Å²) in [6.07, 6.45) is 9.01. The van der Waals surface area contributed by atoms with Gasteiger partial charge in [-0.05, 0) is 18.8 Å². The SMILES string of the molecule is N#CCC(C1CCCC1)n1cc(N)cn1. The highest BCUT2D eigenvalue weighted by atomic mass is 15.3. The fourth-order valence-corrected chi connectivity index (χ4v) is 2.45. The number of nitrogens with zero attached hydrogens (tertiary/aromatic N) is 3. The molecule has 0 aliphatic heterocycles. The number of nitrogen functional groups attached to an aromatic ring is 1. The molecule has 2 rings (SSSR count). The largest absolute Gasteiger partial charge is 0.396 e. The molecule has 4 heteroatoms. The fourth-order valence-electron chi connectivity index (χ4n) is 2.45. The van der Waals surface area contributed by atoms with Crippen molar-refractivity contribution >= 4 is 5.69 Å². The van der Waals surface area contributed by atoms with Crippen molar-refractivity contribution in [3.05, 3.63) is 12.4 Å². The Balaban J connectivity index is 2.15. The van der Waals surface area contributed by atoms with E-state index in [1.165, 1.54) is 25.7 Å². The summed E-state index contributed by atoms with van der Waals surface area (Å²) in [7, 11) is 0. The predicted octanol–water partition coefficient (Wildman–Crippen LogP) is 2.11. The molecule has 1 aliphatic rings. The van der Waals surface area contributed by atoms with Gasteiger partial charge in [-0.1, -0.05) is 12.8 Å². The zero-order valence-electron chi connectivity index (χ0n) is 8.76. The maximum Gasteiger partial charge on any atom is 0.0719 e. The van der Waals surface area contributed by atoms with E-state index in [0.29, 0.717) is 18.0 Å². The Morgan fingerprint density at radius 1 is 1.60 bits per heavy atom. The molecule has 2 N–H and O–H groups in total. The van der Waals surface area contributed by atoms with Gasteiger partial charge in [0.1, 0.15) is 0 Å². The molecule has 0 spiro atoms. The lowest BCUT2D eigenvalue weighted by atomic mass is 9.96. The summed E-state index contributed by atoms with van der Waals surface area (Å²) >= 11 is 0. The van der Waals surface area contributed by atoms with Gasteiger partial charge in [0.25, 0.3) is 0 Å². The first kappa shape index (κ1) is 10.0. The highest BCUT2D eigenvalue weighted by Crippen LogP contribution is 2.35. The molecule has 1 saturated carbocycles. The van der Waals surface area contributed by atoms with Crippen molar-refractivity contribution in [3.8, 4) is 6.07 Å². The van der Waals surface area contributed by atoms with Crippen LogP contribution in [0.2, 0.25) is 0 Å². The second kappa shape index (κ2) is 4.35. The molecule has 1 aliphatic carbocycles. The molecule has 1 atom stereocenters. The lowest BCUT2D eigenvalue weighted by molar-refractivity contribution is 0.315. The molecule has 1 unspecified atom stereocenters. The number of nitriles is 1. The number of hydrogen-bond acceptors (Lipinski definition) is 3. The first-order valence-electron chi connectivity index (χ1n) is 5.48. The van der Waals surface area contributed by atoms with E-state index in [1.54, 1.807) is 6.20 Å². The number of aromatic nitrogens is 2. The van der Waals surface area contributed by atoms with Crippen LogP contribution in [0.1, 0.15) is 38.1 Å². The van der Waals surface area contributed by atoms with Crippen LogP contribution in [0.15, 0.2) is 12.4 Å². The third-order valence-electron chi connectivity index (χ3n) is 3.21. The lowest BCUT2D eigenvalue weighted by Gasteiger charge is -2.21. The Hall–Kier alpha value is -1.50. The Morgan fingerprint density at radius 3 is 2.87 bits per heavy atom. The Kier molecular flexibility index (Phi) is 2.91. The minimum atomic E-state index is 0.217. The topological polar surface area (TPSA) is 67.6 Å². The summed E-state index contributed by atoms with van der Waals surface area (Å²) < 4.78 is 1.87. The molecule has 15 heavy (non-hydrogen) atoms. The van der Waals surface area contributed by atoms with Crippen LogP contribution in [0.25, 0.3) is 0 Å². The number of hydrogen-bond donors (Lipinski definition) is 1. The van der Waals surface area contributed by atoms with Gasteiger partial charge in [0.15, 0.2) is 0 Å². The van der Waals surface area contributed by atoms with E-state index in [2.05, 4.69) is 11.2 Å². The first-order chi connectivity index (χ1) is 7.31. The van der Waals surface area contributed by atoms with Crippen LogP contribution in [0.4, 0.5) is 5.69 Å². The molecule has 1 aromatic heterocycles. The fraction of sp³-hybridized carbons (Fsp3) is 0.636. The van der Waals surface area contributed by atoms with E-state index in [-0.39, 0.29) is 6.04 Å². The van der Waals surface area contributed by atoms with E-state index in [9.17, 15) is 0 Å². The minimum Gasteiger partial charge on any atom is -0.396 e. The molecular formula is C11H16N4. The van der Waals surface area contributed by atoms with E-state index in [4.69, 9.17) is 11.0 Å². The third-order valence-corrected chi connectivity index (χ3v) is 3.21. The van der Waals surface area contributed by atoms with Crippen molar-refractivity contribution in [3.63, 3.8) is 0 Å². The van der Waals surface area contributed by atoms with Gasteiger partial charge in [-0.3, -0.25) is 4.68 Å². The maximum atomic E-state index is 8.84. The van der Waals surface area contributed by atoms with Crippen LogP contribution in [-0.4, -0.2) is 9.78 Å². The van der Waals surface area contributed by atoms with Gasteiger partial charge in [0.2, 0.25) is 0 Å². The molecule has 1 heterocycles.